The van der Waals surface area contributed by atoms with E-state index in [9.17, 15) is 14.4 Å². The zero-order valence-electron chi connectivity index (χ0n) is 52.3. The maximum absolute atomic E-state index is 12.9. The fraction of sp³-hybridized carbons (Fsp3) is 0.689. The van der Waals surface area contributed by atoms with Crippen LogP contribution in [-0.4, -0.2) is 37.2 Å². The van der Waals surface area contributed by atoms with Gasteiger partial charge in [0.2, 0.25) is 0 Å². The molecule has 0 aliphatic heterocycles. The van der Waals surface area contributed by atoms with Crippen LogP contribution < -0.4 is 0 Å². The molecule has 0 heterocycles. The summed E-state index contributed by atoms with van der Waals surface area (Å²) in [5.41, 5.74) is 0. The van der Waals surface area contributed by atoms with Crippen molar-refractivity contribution >= 4 is 17.9 Å². The van der Waals surface area contributed by atoms with Crippen LogP contribution in [0, 0.1) is 0 Å². The number of rotatable bonds is 60. The van der Waals surface area contributed by atoms with Crippen LogP contribution in [0.4, 0.5) is 0 Å². The third-order valence-electron chi connectivity index (χ3n) is 14.2. The molecule has 0 amide bonds. The molecular formula is C74H124O6. The lowest BCUT2D eigenvalue weighted by molar-refractivity contribution is -0.166. The summed E-state index contributed by atoms with van der Waals surface area (Å²) in [6, 6.07) is 0. The minimum atomic E-state index is -0.825. The van der Waals surface area contributed by atoms with E-state index in [0.717, 1.165) is 103 Å². The highest BCUT2D eigenvalue weighted by atomic mass is 16.6. The summed E-state index contributed by atoms with van der Waals surface area (Å²) in [6.45, 7) is 6.44. The highest BCUT2D eigenvalue weighted by molar-refractivity contribution is 5.71. The summed E-state index contributed by atoms with van der Waals surface area (Å²) in [5.74, 6) is -1.00. The number of hydrogen-bond donors (Lipinski definition) is 0. The molecule has 80 heavy (non-hydrogen) atoms. The van der Waals surface area contributed by atoms with Crippen LogP contribution in [0.15, 0.2) is 122 Å². The predicted octanol–water partition coefficient (Wildman–Crippen LogP) is 23.2. The molecule has 0 bridgehead atoms. The molecule has 0 aliphatic carbocycles. The van der Waals surface area contributed by atoms with E-state index in [4.69, 9.17) is 14.2 Å². The Kier molecular flexibility index (Phi) is 63.8. The van der Waals surface area contributed by atoms with Gasteiger partial charge in [0.15, 0.2) is 6.10 Å². The third-order valence-corrected chi connectivity index (χ3v) is 14.2. The Hall–Kier alpha value is -4.19. The molecule has 6 heteroatoms. The Morgan fingerprint density at radius 2 is 0.512 bits per heavy atom. The van der Waals surface area contributed by atoms with E-state index in [-0.39, 0.29) is 31.6 Å². The predicted molar refractivity (Wildman–Crippen MR) is 348 cm³/mol. The minimum absolute atomic E-state index is 0.111. The highest BCUT2D eigenvalue weighted by Crippen LogP contribution is 2.16. The first-order valence-corrected chi connectivity index (χ1v) is 33.5. The number of carbonyl (C=O) groups is 3. The molecule has 0 aromatic rings. The van der Waals surface area contributed by atoms with E-state index in [1.165, 1.54) is 161 Å². The molecule has 6 nitrogen and oxygen atoms in total. The zero-order chi connectivity index (χ0) is 57.8. The largest absolute Gasteiger partial charge is 0.462 e. The van der Waals surface area contributed by atoms with Crippen molar-refractivity contribution in [1.29, 1.82) is 0 Å². The summed E-state index contributed by atoms with van der Waals surface area (Å²) < 4.78 is 16.8. The average Bonchev–Trinajstić information content (AvgIpc) is 3.46. The summed E-state index contributed by atoms with van der Waals surface area (Å²) >= 11 is 0. The molecule has 456 valence electrons. The lowest BCUT2D eigenvalue weighted by Gasteiger charge is -2.18. The monoisotopic (exact) mass is 1110 g/mol. The molecule has 0 saturated heterocycles. The van der Waals surface area contributed by atoms with Gasteiger partial charge in [-0.25, -0.2) is 0 Å². The van der Waals surface area contributed by atoms with E-state index < -0.39 is 12.1 Å². The highest BCUT2D eigenvalue weighted by Gasteiger charge is 2.19. The molecular weight excluding hydrogens is 985 g/mol. The van der Waals surface area contributed by atoms with Crippen molar-refractivity contribution in [3.63, 3.8) is 0 Å². The van der Waals surface area contributed by atoms with Gasteiger partial charge < -0.3 is 14.2 Å². The summed E-state index contributed by atoms with van der Waals surface area (Å²) in [7, 11) is 0. The van der Waals surface area contributed by atoms with Crippen molar-refractivity contribution in [3.8, 4) is 0 Å². The number of carbonyl (C=O) groups excluding carboxylic acids is 3. The van der Waals surface area contributed by atoms with Crippen LogP contribution >= 0.6 is 0 Å². The van der Waals surface area contributed by atoms with Gasteiger partial charge in [0.25, 0.3) is 0 Å². The van der Waals surface area contributed by atoms with Crippen LogP contribution in [0.5, 0.6) is 0 Å². The topological polar surface area (TPSA) is 78.9 Å². The molecule has 1 unspecified atom stereocenters. The Balaban J connectivity index is 4.29. The van der Waals surface area contributed by atoms with Crippen LogP contribution in [0.2, 0.25) is 0 Å². The standard InChI is InChI=1S/C74H124O6/c1-4-7-10-13-16-19-22-25-27-29-31-32-33-34-35-36-37-38-39-40-41-42-44-45-47-49-52-55-58-61-64-67-73(76)79-70-71(69-78-72(75)66-63-60-57-54-51-24-21-18-15-12-9-6-3)80-74(77)68-65-62-59-56-53-50-48-46-43-30-28-26-23-20-17-14-11-8-5-2/h8,11,17-18,20-22,25-26,28-29,31,33-34,43,46,50,53,59,62,71H,4-7,9-10,12-16,19,23-24,27,30,32,35-42,44-45,47-49,51-52,54-58,60-61,63-70H2,1-3H3/b11-8-,20-17-,21-18-,25-22-,28-26-,31-29-,34-33-,46-43-,53-50-,62-59-. The molecule has 1 atom stereocenters. The van der Waals surface area contributed by atoms with E-state index >= 15 is 0 Å². The number of hydrogen-bond acceptors (Lipinski definition) is 6. The van der Waals surface area contributed by atoms with Gasteiger partial charge in [0, 0.05) is 19.3 Å². The molecule has 0 radical (unpaired) electrons. The second kappa shape index (κ2) is 67.3. The van der Waals surface area contributed by atoms with Crippen LogP contribution in [-0.2, 0) is 28.6 Å². The number of esters is 3. The van der Waals surface area contributed by atoms with E-state index in [2.05, 4.69) is 136 Å². The molecule has 0 fully saturated rings. The first-order valence-electron chi connectivity index (χ1n) is 33.5. The molecule has 0 aliphatic rings. The Labute approximate surface area is 494 Å². The summed E-state index contributed by atoms with van der Waals surface area (Å²) in [6.07, 6.45) is 93.8. The van der Waals surface area contributed by atoms with Gasteiger partial charge in [-0.05, 0) is 122 Å². The number of unbranched alkanes of at least 4 members (excludes halogenated alkanes) is 29. The van der Waals surface area contributed by atoms with E-state index in [1.54, 1.807) is 0 Å². The Morgan fingerprint density at radius 1 is 0.263 bits per heavy atom. The van der Waals surface area contributed by atoms with Crippen LogP contribution in [0.1, 0.15) is 310 Å². The SMILES string of the molecule is CC/C=C\C/C=C\C/C=C\C/C=C\C/C=C\C/C=C\CCC(=O)OC(COC(=O)CCCCCCC/C=C\CCCCC)COC(=O)CCCCCCCCCCCCCCCCCC/C=C\C/C=C\C/C=C\CCCCCCC. The first kappa shape index (κ1) is 75.8. The lowest BCUT2D eigenvalue weighted by Crippen LogP contribution is -2.30. The second-order valence-electron chi connectivity index (χ2n) is 22.0. The summed E-state index contributed by atoms with van der Waals surface area (Å²) in [5, 5.41) is 0. The van der Waals surface area contributed by atoms with Crippen LogP contribution in [0.3, 0.4) is 0 Å². The van der Waals surface area contributed by atoms with Gasteiger partial charge in [-0.15, -0.1) is 0 Å². The first-order chi connectivity index (χ1) is 39.5. The van der Waals surface area contributed by atoms with Gasteiger partial charge in [-0.2, -0.15) is 0 Å². The second-order valence-corrected chi connectivity index (χ2v) is 22.0. The summed E-state index contributed by atoms with van der Waals surface area (Å²) in [4.78, 5) is 38.3. The van der Waals surface area contributed by atoms with Crippen molar-refractivity contribution in [1.82, 2.24) is 0 Å². The van der Waals surface area contributed by atoms with E-state index in [1.807, 2.05) is 6.08 Å². The van der Waals surface area contributed by atoms with Gasteiger partial charge >= 0.3 is 17.9 Å². The van der Waals surface area contributed by atoms with Crippen molar-refractivity contribution in [2.24, 2.45) is 0 Å². The quantitative estimate of drug-likeness (QED) is 0.0261. The molecule has 0 aromatic carbocycles. The Morgan fingerprint density at radius 3 is 0.850 bits per heavy atom. The number of allylic oxidation sites excluding steroid dienone is 20. The fourth-order valence-electron chi connectivity index (χ4n) is 9.18. The third kappa shape index (κ3) is 64.6. The Bertz CT molecular complexity index is 1650. The van der Waals surface area contributed by atoms with Gasteiger partial charge in [0.05, 0.1) is 0 Å². The minimum Gasteiger partial charge on any atom is -0.462 e. The normalized spacial score (nSPS) is 12.9. The smallest absolute Gasteiger partial charge is 0.306 e. The van der Waals surface area contributed by atoms with Crippen molar-refractivity contribution in [3.05, 3.63) is 122 Å². The van der Waals surface area contributed by atoms with E-state index in [0.29, 0.717) is 19.3 Å². The van der Waals surface area contributed by atoms with Crippen molar-refractivity contribution in [2.45, 2.75) is 316 Å². The molecule has 0 rings (SSSR count). The van der Waals surface area contributed by atoms with Gasteiger partial charge in [-0.1, -0.05) is 290 Å². The van der Waals surface area contributed by atoms with Crippen molar-refractivity contribution in [2.75, 3.05) is 13.2 Å². The maximum atomic E-state index is 12.9. The molecule has 0 aromatic heterocycles. The van der Waals surface area contributed by atoms with Gasteiger partial charge in [0.1, 0.15) is 13.2 Å². The fourth-order valence-corrected chi connectivity index (χ4v) is 9.18. The lowest BCUT2D eigenvalue weighted by atomic mass is 10.0. The maximum Gasteiger partial charge on any atom is 0.306 e. The molecule has 0 N–H and O–H groups in total. The molecule has 0 spiro atoms. The van der Waals surface area contributed by atoms with Gasteiger partial charge in [-0.3, -0.25) is 14.4 Å². The zero-order valence-corrected chi connectivity index (χ0v) is 52.3. The molecule has 0 saturated carbocycles. The number of ether oxygens (including phenoxy) is 3. The van der Waals surface area contributed by atoms with Crippen LogP contribution in [0.25, 0.3) is 0 Å². The average molecular weight is 1110 g/mol. The van der Waals surface area contributed by atoms with Crippen molar-refractivity contribution < 1.29 is 28.6 Å².